The highest BCUT2D eigenvalue weighted by molar-refractivity contribution is 5.98. The van der Waals surface area contributed by atoms with Gasteiger partial charge in [-0.05, 0) is 35.4 Å². The zero-order valence-corrected chi connectivity index (χ0v) is 11.0. The second-order valence-corrected chi connectivity index (χ2v) is 4.36. The highest BCUT2D eigenvalue weighted by Gasteiger charge is 2.16. The Bertz CT molecular complexity index is 714. The van der Waals surface area contributed by atoms with Crippen molar-refractivity contribution in [1.82, 2.24) is 5.32 Å². The van der Waals surface area contributed by atoms with Crippen LogP contribution in [0.3, 0.4) is 0 Å². The van der Waals surface area contributed by atoms with Gasteiger partial charge in [0.15, 0.2) is 0 Å². The predicted octanol–water partition coefficient (Wildman–Crippen LogP) is 2.48. The fourth-order valence-electron chi connectivity index (χ4n) is 2.09. The summed E-state index contributed by atoms with van der Waals surface area (Å²) in [7, 11) is 1.60. The van der Waals surface area contributed by atoms with Crippen molar-refractivity contribution in [3.8, 4) is 22.6 Å². The van der Waals surface area contributed by atoms with E-state index in [1.807, 2.05) is 30.3 Å². The zero-order valence-electron chi connectivity index (χ0n) is 13.0. The summed E-state index contributed by atoms with van der Waals surface area (Å²) < 4.78 is 25.8. The normalized spacial score (nSPS) is 17.8. The van der Waals surface area contributed by atoms with Crippen LogP contribution < -0.4 is 14.8 Å². The van der Waals surface area contributed by atoms with Crippen molar-refractivity contribution in [2.45, 2.75) is 0 Å². The maximum Gasteiger partial charge on any atom is 0.255 e. The molecule has 0 aliphatic carbocycles. The first kappa shape index (κ1) is 10.3. The summed E-state index contributed by atoms with van der Waals surface area (Å²) in [5, 5.41) is 2.32. The number of carbonyl (C=O) groups excluding carboxylic acids is 1. The summed E-state index contributed by atoms with van der Waals surface area (Å²) in [6.07, 6.45) is 0. The number of hydrogen-bond donors (Lipinski definition) is 1. The van der Waals surface area contributed by atoms with Crippen molar-refractivity contribution in [2.24, 2.45) is 0 Å². The molecule has 1 aliphatic heterocycles. The number of hydrogen-bond acceptors (Lipinski definition) is 3. The second kappa shape index (κ2) is 5.25. The van der Waals surface area contributed by atoms with Gasteiger partial charge in [-0.25, -0.2) is 0 Å². The van der Waals surface area contributed by atoms with Crippen LogP contribution in [0, 0.1) is 0 Å². The topological polar surface area (TPSA) is 47.6 Å². The molecule has 0 fully saturated rings. The fraction of sp³-hybridized carbons (Fsp3) is 0.188. The van der Waals surface area contributed by atoms with Gasteiger partial charge in [-0.3, -0.25) is 4.79 Å². The van der Waals surface area contributed by atoms with Gasteiger partial charge in [0.25, 0.3) is 5.91 Å². The standard InChI is InChI=1S/C16H15NO3/c1-19-13-5-2-11(3-6-13)12-4-7-15-14(10-12)16(18)17-8-9-20-15/h2-7,10H,8-9H2,1H3,(H,17,18)/i8D2. The number of nitrogens with one attached hydrogen (secondary N) is 1. The Morgan fingerprint density at radius 1 is 1.20 bits per heavy atom. The molecule has 0 atom stereocenters. The highest BCUT2D eigenvalue weighted by Crippen LogP contribution is 2.28. The molecule has 0 bridgehead atoms. The number of ether oxygens (including phenoxy) is 2. The first-order chi connectivity index (χ1) is 10.5. The molecule has 2 aromatic carbocycles. The lowest BCUT2D eigenvalue weighted by Gasteiger charge is -2.09. The zero-order chi connectivity index (χ0) is 15.7. The third-order valence-electron chi connectivity index (χ3n) is 3.15. The lowest BCUT2D eigenvalue weighted by Crippen LogP contribution is -2.24. The second-order valence-electron chi connectivity index (χ2n) is 4.36. The van der Waals surface area contributed by atoms with E-state index < -0.39 is 12.4 Å². The van der Waals surface area contributed by atoms with Gasteiger partial charge in [-0.2, -0.15) is 0 Å². The molecule has 102 valence electrons. The maximum absolute atomic E-state index is 12.2. The summed E-state index contributed by atoms with van der Waals surface area (Å²) in [5.74, 6) is 0.664. The molecular formula is C16H15NO3. The van der Waals surface area contributed by atoms with Crippen LogP contribution in [0.2, 0.25) is 0 Å². The average molecular weight is 271 g/mol. The number of rotatable bonds is 2. The van der Waals surface area contributed by atoms with Crippen LogP contribution in [-0.4, -0.2) is 26.1 Å². The molecule has 1 heterocycles. The third kappa shape index (κ3) is 2.32. The Kier molecular flexibility index (Phi) is 2.71. The quantitative estimate of drug-likeness (QED) is 0.913. The van der Waals surface area contributed by atoms with Gasteiger partial charge in [0.05, 0.1) is 21.9 Å². The Morgan fingerprint density at radius 3 is 2.70 bits per heavy atom. The molecule has 2 aromatic rings. The summed E-state index contributed by atoms with van der Waals surface area (Å²) in [4.78, 5) is 12.2. The summed E-state index contributed by atoms with van der Waals surface area (Å²) in [6.45, 7) is -2.09. The number of methoxy groups -OCH3 is 1. The molecule has 4 nitrogen and oxygen atoms in total. The lowest BCUT2D eigenvalue weighted by atomic mass is 10.0. The van der Waals surface area contributed by atoms with E-state index in [0.29, 0.717) is 11.3 Å². The van der Waals surface area contributed by atoms with Gasteiger partial charge < -0.3 is 14.8 Å². The van der Waals surface area contributed by atoms with Crippen LogP contribution in [0.25, 0.3) is 11.1 Å². The molecule has 0 radical (unpaired) electrons. The number of fused-ring (bicyclic) bond motifs is 1. The minimum Gasteiger partial charge on any atom is -0.497 e. The molecule has 1 N–H and O–H groups in total. The summed E-state index contributed by atoms with van der Waals surface area (Å²) in [6, 6.07) is 12.7. The molecule has 3 rings (SSSR count). The molecule has 4 heteroatoms. The van der Waals surface area contributed by atoms with Crippen LogP contribution in [-0.2, 0) is 0 Å². The number of carbonyl (C=O) groups is 1. The summed E-state index contributed by atoms with van der Waals surface area (Å²) in [5.41, 5.74) is 2.11. The van der Waals surface area contributed by atoms with Crippen LogP contribution in [0.4, 0.5) is 0 Å². The molecule has 20 heavy (non-hydrogen) atoms. The SMILES string of the molecule is [2H]C1([2H])COc2ccc(-c3ccc(OC)cc3)cc2C(=O)N1. The molecule has 0 unspecified atom stereocenters. The Morgan fingerprint density at radius 2 is 1.95 bits per heavy atom. The van der Waals surface area contributed by atoms with Crippen LogP contribution >= 0.6 is 0 Å². The third-order valence-corrected chi connectivity index (χ3v) is 3.15. The van der Waals surface area contributed by atoms with Gasteiger partial charge in [0.1, 0.15) is 18.1 Å². The van der Waals surface area contributed by atoms with E-state index in [0.717, 1.165) is 16.9 Å². The first-order valence-corrected chi connectivity index (χ1v) is 6.22. The van der Waals surface area contributed by atoms with E-state index in [2.05, 4.69) is 5.32 Å². The van der Waals surface area contributed by atoms with E-state index in [4.69, 9.17) is 12.2 Å². The highest BCUT2D eigenvalue weighted by atomic mass is 16.5. The van der Waals surface area contributed by atoms with Gasteiger partial charge in [0, 0.05) is 0 Å². The van der Waals surface area contributed by atoms with E-state index in [1.54, 1.807) is 19.2 Å². The van der Waals surface area contributed by atoms with Crippen LogP contribution in [0.15, 0.2) is 42.5 Å². The van der Waals surface area contributed by atoms with E-state index in [9.17, 15) is 4.79 Å². The molecule has 0 aromatic heterocycles. The van der Waals surface area contributed by atoms with Crippen molar-refractivity contribution in [1.29, 1.82) is 0 Å². The van der Waals surface area contributed by atoms with Crippen LogP contribution in [0.1, 0.15) is 13.1 Å². The monoisotopic (exact) mass is 271 g/mol. The van der Waals surface area contributed by atoms with Crippen molar-refractivity contribution >= 4 is 5.91 Å². The maximum atomic E-state index is 12.2. The van der Waals surface area contributed by atoms with Gasteiger partial charge in [0.2, 0.25) is 0 Å². The van der Waals surface area contributed by atoms with Gasteiger partial charge >= 0.3 is 0 Å². The molecule has 0 spiro atoms. The summed E-state index contributed by atoms with van der Waals surface area (Å²) >= 11 is 0. The minimum atomic E-state index is -1.88. The molecule has 0 saturated carbocycles. The minimum absolute atomic E-state index is 0.215. The molecule has 1 amide bonds. The van der Waals surface area contributed by atoms with Gasteiger partial charge in [-0.1, -0.05) is 18.2 Å². The number of benzene rings is 2. The van der Waals surface area contributed by atoms with E-state index in [1.165, 1.54) is 0 Å². The Labute approximate surface area is 120 Å². The van der Waals surface area contributed by atoms with Crippen molar-refractivity contribution in [3.05, 3.63) is 48.0 Å². The lowest BCUT2D eigenvalue weighted by molar-refractivity contribution is 0.0957. The van der Waals surface area contributed by atoms with Crippen LogP contribution in [0.5, 0.6) is 11.5 Å². The van der Waals surface area contributed by atoms with Crippen molar-refractivity contribution in [2.75, 3.05) is 20.2 Å². The molecule has 0 saturated heterocycles. The largest absolute Gasteiger partial charge is 0.497 e. The Balaban J connectivity index is 1.98. The first-order valence-electron chi connectivity index (χ1n) is 7.22. The molecule has 1 aliphatic rings. The smallest absolute Gasteiger partial charge is 0.255 e. The number of amides is 1. The van der Waals surface area contributed by atoms with Crippen molar-refractivity contribution in [3.63, 3.8) is 0 Å². The van der Waals surface area contributed by atoms with Crippen molar-refractivity contribution < 1.29 is 17.0 Å². The van der Waals surface area contributed by atoms with E-state index >= 15 is 0 Å². The fourth-order valence-corrected chi connectivity index (χ4v) is 2.09. The molecular weight excluding hydrogens is 254 g/mol. The van der Waals surface area contributed by atoms with E-state index in [-0.39, 0.29) is 6.61 Å². The predicted molar refractivity (Wildman–Crippen MR) is 76.3 cm³/mol. The average Bonchev–Trinajstić information content (AvgIpc) is 2.63. The Hall–Kier alpha value is -2.49. The van der Waals surface area contributed by atoms with Gasteiger partial charge in [-0.15, -0.1) is 0 Å².